The van der Waals surface area contributed by atoms with E-state index in [0.29, 0.717) is 11.3 Å². The second kappa shape index (κ2) is 8.02. The molecule has 1 aliphatic heterocycles. The minimum absolute atomic E-state index is 0.504. The van der Waals surface area contributed by atoms with Crippen molar-refractivity contribution in [2.75, 3.05) is 29.5 Å². The van der Waals surface area contributed by atoms with Crippen molar-refractivity contribution in [2.24, 2.45) is 0 Å². The Labute approximate surface area is 124 Å². The number of hydrogen-bond donors (Lipinski definition) is 2. The predicted octanol–water partition coefficient (Wildman–Crippen LogP) is 2.42. The number of nitrogens with two attached hydrogens (primary N) is 1. The number of thioether (sulfide) groups is 2. The standard InChI is InChI=1S/C14H23N3S2/c1-2-4-17-13(14-10-18-6-7-19-14)8-11-9-16-5-3-12(11)15/h3,5,9,13-14,17H,2,4,6-8,10H2,1H3,(H2,15,16). The number of hydrogen-bond acceptors (Lipinski definition) is 5. The van der Waals surface area contributed by atoms with E-state index in [1.165, 1.54) is 29.2 Å². The van der Waals surface area contributed by atoms with E-state index in [1.54, 1.807) is 6.20 Å². The summed E-state index contributed by atoms with van der Waals surface area (Å²) in [6.07, 6.45) is 5.83. The molecule has 3 nitrogen and oxygen atoms in total. The largest absolute Gasteiger partial charge is 0.398 e. The number of nitrogens with one attached hydrogen (secondary N) is 1. The number of anilines is 1. The summed E-state index contributed by atoms with van der Waals surface area (Å²) in [7, 11) is 0. The molecule has 0 aliphatic carbocycles. The highest BCUT2D eigenvalue weighted by Gasteiger charge is 2.24. The van der Waals surface area contributed by atoms with Crippen LogP contribution in [0.15, 0.2) is 18.5 Å². The molecule has 1 aromatic rings. The second-order valence-corrected chi connectivity index (χ2v) is 7.32. The lowest BCUT2D eigenvalue weighted by Crippen LogP contribution is -2.43. The smallest absolute Gasteiger partial charge is 0.0378 e. The van der Waals surface area contributed by atoms with Crippen molar-refractivity contribution < 1.29 is 0 Å². The van der Waals surface area contributed by atoms with Gasteiger partial charge < -0.3 is 11.1 Å². The Bertz CT molecular complexity index is 381. The molecule has 0 amide bonds. The molecular weight excluding hydrogens is 274 g/mol. The van der Waals surface area contributed by atoms with Gasteiger partial charge in [-0.3, -0.25) is 4.98 Å². The molecule has 3 N–H and O–H groups in total. The van der Waals surface area contributed by atoms with Gasteiger partial charge in [-0.2, -0.15) is 23.5 Å². The molecule has 106 valence electrons. The molecule has 19 heavy (non-hydrogen) atoms. The molecule has 1 aliphatic rings. The minimum Gasteiger partial charge on any atom is -0.398 e. The van der Waals surface area contributed by atoms with Gasteiger partial charge in [0.2, 0.25) is 0 Å². The lowest BCUT2D eigenvalue weighted by atomic mass is 10.0. The minimum atomic E-state index is 0.504. The van der Waals surface area contributed by atoms with Gasteiger partial charge in [-0.25, -0.2) is 0 Å². The van der Waals surface area contributed by atoms with Gasteiger partial charge in [0.1, 0.15) is 0 Å². The highest BCUT2D eigenvalue weighted by atomic mass is 32.2. The summed E-state index contributed by atoms with van der Waals surface area (Å²) in [5.41, 5.74) is 8.09. The first-order chi connectivity index (χ1) is 9.31. The second-order valence-electron chi connectivity index (χ2n) is 4.82. The molecule has 0 radical (unpaired) electrons. The van der Waals surface area contributed by atoms with Gasteiger partial charge in [-0.1, -0.05) is 6.92 Å². The number of aromatic nitrogens is 1. The SMILES string of the molecule is CCCNC(Cc1cnccc1N)C1CSCCS1. The summed E-state index contributed by atoms with van der Waals surface area (Å²) in [5, 5.41) is 4.38. The molecular formula is C14H23N3S2. The Hall–Kier alpha value is -0.390. The zero-order chi connectivity index (χ0) is 13.5. The van der Waals surface area contributed by atoms with Crippen LogP contribution in [-0.4, -0.2) is 40.1 Å². The van der Waals surface area contributed by atoms with Crippen LogP contribution in [-0.2, 0) is 6.42 Å². The van der Waals surface area contributed by atoms with Crippen LogP contribution in [0.4, 0.5) is 5.69 Å². The highest BCUT2D eigenvalue weighted by Crippen LogP contribution is 2.28. The maximum absolute atomic E-state index is 6.05. The molecule has 1 fully saturated rings. The van der Waals surface area contributed by atoms with Crippen molar-refractivity contribution in [1.29, 1.82) is 0 Å². The van der Waals surface area contributed by atoms with Crippen molar-refractivity contribution in [3.05, 3.63) is 24.0 Å². The Morgan fingerprint density at radius 2 is 2.42 bits per heavy atom. The molecule has 1 aromatic heterocycles. The molecule has 0 spiro atoms. The highest BCUT2D eigenvalue weighted by molar-refractivity contribution is 8.06. The van der Waals surface area contributed by atoms with E-state index in [1.807, 2.05) is 12.3 Å². The molecule has 1 saturated heterocycles. The van der Waals surface area contributed by atoms with E-state index < -0.39 is 0 Å². The summed E-state index contributed by atoms with van der Waals surface area (Å²) in [6, 6.07) is 2.40. The van der Waals surface area contributed by atoms with Gasteiger partial charge in [0.05, 0.1) is 0 Å². The Morgan fingerprint density at radius 3 is 3.11 bits per heavy atom. The summed E-state index contributed by atoms with van der Waals surface area (Å²) in [4.78, 5) is 4.20. The molecule has 2 rings (SSSR count). The van der Waals surface area contributed by atoms with Gasteiger partial charge in [0.15, 0.2) is 0 Å². The third-order valence-corrected chi connectivity index (χ3v) is 6.25. The first kappa shape index (κ1) is 15.0. The van der Waals surface area contributed by atoms with E-state index in [2.05, 4.69) is 40.7 Å². The van der Waals surface area contributed by atoms with E-state index >= 15 is 0 Å². The molecule has 5 heteroatoms. The van der Waals surface area contributed by atoms with Crippen molar-refractivity contribution >= 4 is 29.2 Å². The predicted molar refractivity (Wildman–Crippen MR) is 88.0 cm³/mol. The summed E-state index contributed by atoms with van der Waals surface area (Å²) >= 11 is 4.17. The summed E-state index contributed by atoms with van der Waals surface area (Å²) in [5.74, 6) is 3.80. The first-order valence-electron chi connectivity index (χ1n) is 6.92. The van der Waals surface area contributed by atoms with E-state index in [0.717, 1.165) is 18.7 Å². The van der Waals surface area contributed by atoms with E-state index in [4.69, 9.17) is 5.73 Å². The van der Waals surface area contributed by atoms with Crippen molar-refractivity contribution in [3.8, 4) is 0 Å². The molecule has 2 atom stereocenters. The summed E-state index contributed by atoms with van der Waals surface area (Å²) in [6.45, 7) is 3.29. The van der Waals surface area contributed by atoms with Crippen molar-refractivity contribution in [2.45, 2.75) is 31.1 Å². The maximum Gasteiger partial charge on any atom is 0.0378 e. The fourth-order valence-corrected chi connectivity index (χ4v) is 5.14. The normalized spacial score (nSPS) is 21.2. The third kappa shape index (κ3) is 4.58. The lowest BCUT2D eigenvalue weighted by molar-refractivity contribution is 0.506. The van der Waals surface area contributed by atoms with Crippen molar-refractivity contribution in [1.82, 2.24) is 10.3 Å². The van der Waals surface area contributed by atoms with Crippen LogP contribution in [0.1, 0.15) is 18.9 Å². The zero-order valence-corrected chi connectivity index (χ0v) is 13.1. The van der Waals surface area contributed by atoms with Crippen LogP contribution in [0, 0.1) is 0 Å². The Balaban J connectivity index is 2.02. The quantitative estimate of drug-likeness (QED) is 0.844. The topological polar surface area (TPSA) is 50.9 Å². The number of pyridine rings is 1. The Kier molecular flexibility index (Phi) is 6.34. The van der Waals surface area contributed by atoms with E-state index in [9.17, 15) is 0 Å². The van der Waals surface area contributed by atoms with Crippen LogP contribution >= 0.6 is 23.5 Å². The molecule has 0 saturated carbocycles. The van der Waals surface area contributed by atoms with Crippen LogP contribution in [0.2, 0.25) is 0 Å². The molecule has 2 unspecified atom stereocenters. The fraction of sp³-hybridized carbons (Fsp3) is 0.643. The number of nitrogen functional groups attached to an aromatic ring is 1. The van der Waals surface area contributed by atoms with Gasteiger partial charge in [-0.05, 0) is 31.0 Å². The zero-order valence-electron chi connectivity index (χ0n) is 11.5. The van der Waals surface area contributed by atoms with Gasteiger partial charge in [0, 0.05) is 46.6 Å². The van der Waals surface area contributed by atoms with Crippen molar-refractivity contribution in [3.63, 3.8) is 0 Å². The van der Waals surface area contributed by atoms with Crippen LogP contribution < -0.4 is 11.1 Å². The summed E-state index contributed by atoms with van der Waals surface area (Å²) < 4.78 is 0. The molecule has 0 bridgehead atoms. The van der Waals surface area contributed by atoms with Crippen LogP contribution in [0.5, 0.6) is 0 Å². The van der Waals surface area contributed by atoms with Gasteiger partial charge in [-0.15, -0.1) is 0 Å². The van der Waals surface area contributed by atoms with E-state index in [-0.39, 0.29) is 0 Å². The molecule has 0 aromatic carbocycles. The third-order valence-electron chi connectivity index (χ3n) is 3.33. The monoisotopic (exact) mass is 297 g/mol. The Morgan fingerprint density at radius 1 is 1.53 bits per heavy atom. The lowest BCUT2D eigenvalue weighted by Gasteiger charge is -2.30. The average molecular weight is 297 g/mol. The van der Waals surface area contributed by atoms with Gasteiger partial charge in [0.25, 0.3) is 0 Å². The fourth-order valence-electron chi connectivity index (χ4n) is 2.25. The first-order valence-corrected chi connectivity index (χ1v) is 9.12. The maximum atomic E-state index is 6.05. The van der Waals surface area contributed by atoms with Gasteiger partial charge >= 0.3 is 0 Å². The molecule has 2 heterocycles. The van der Waals surface area contributed by atoms with Crippen LogP contribution in [0.25, 0.3) is 0 Å². The number of rotatable bonds is 6. The van der Waals surface area contributed by atoms with Crippen LogP contribution in [0.3, 0.4) is 0 Å². The average Bonchev–Trinajstić information content (AvgIpc) is 2.46. The number of nitrogens with zero attached hydrogens (tertiary/aromatic N) is 1.